The lowest BCUT2D eigenvalue weighted by atomic mass is 9.90. The van der Waals surface area contributed by atoms with Gasteiger partial charge in [0.15, 0.2) is 5.96 Å². The fourth-order valence-electron chi connectivity index (χ4n) is 3.75. The minimum Gasteiger partial charge on any atom is -0.369 e. The van der Waals surface area contributed by atoms with Gasteiger partial charge in [-0.25, -0.2) is 9.98 Å². The van der Waals surface area contributed by atoms with Crippen molar-refractivity contribution in [3.63, 3.8) is 0 Å². The first-order valence-corrected chi connectivity index (χ1v) is 12.1. The molecule has 1 aromatic carbocycles. The maximum Gasteiger partial charge on any atom is 0.208 e. The zero-order chi connectivity index (χ0) is 22.3. The van der Waals surface area contributed by atoms with Gasteiger partial charge in [0.1, 0.15) is 12.8 Å². The SMILES string of the molecule is CC/C=C/N=C(N)Nc1ccc(-c2cnc(C3CCCCC3)s2)c([N+](O)(S)NCC)c1. The zero-order valence-corrected chi connectivity index (χ0v) is 19.9. The van der Waals surface area contributed by atoms with Gasteiger partial charge < -0.3 is 11.1 Å². The first-order chi connectivity index (χ1) is 14.9. The molecule has 31 heavy (non-hydrogen) atoms. The molecule has 1 aliphatic rings. The molecule has 9 heteroatoms. The van der Waals surface area contributed by atoms with E-state index >= 15 is 0 Å². The first-order valence-electron chi connectivity index (χ1n) is 10.9. The summed E-state index contributed by atoms with van der Waals surface area (Å²) in [6.45, 7) is 4.49. The quantitative estimate of drug-likeness (QED) is 0.116. The molecule has 1 aromatic heterocycles. The van der Waals surface area contributed by atoms with E-state index in [0.29, 0.717) is 23.8 Å². The predicted molar refractivity (Wildman–Crippen MR) is 134 cm³/mol. The number of quaternary nitrogens is 1. The second-order valence-electron chi connectivity index (χ2n) is 7.67. The number of aliphatic imine (C=N–C) groups is 1. The normalized spacial score (nSPS) is 17.7. The molecular weight excluding hydrogens is 428 g/mol. The van der Waals surface area contributed by atoms with E-state index in [0.717, 1.165) is 16.9 Å². The van der Waals surface area contributed by atoms with Crippen LogP contribution in [-0.4, -0.2) is 22.7 Å². The van der Waals surface area contributed by atoms with Crippen LogP contribution in [-0.2, 0) is 0 Å². The molecule has 7 nitrogen and oxygen atoms in total. The maximum atomic E-state index is 11.0. The summed E-state index contributed by atoms with van der Waals surface area (Å²) >= 11 is 6.16. The molecule has 0 saturated heterocycles. The highest BCUT2D eigenvalue weighted by Crippen LogP contribution is 2.42. The lowest BCUT2D eigenvalue weighted by Gasteiger charge is -2.24. The van der Waals surface area contributed by atoms with Crippen LogP contribution in [0.4, 0.5) is 11.4 Å². The van der Waals surface area contributed by atoms with Crippen LogP contribution in [0, 0.1) is 0 Å². The fraction of sp³-hybridized carbons (Fsp3) is 0.455. The number of nitrogens with zero attached hydrogens (tertiary/aromatic N) is 3. The number of rotatable bonds is 8. The van der Waals surface area contributed by atoms with Gasteiger partial charge in [0.05, 0.1) is 15.4 Å². The van der Waals surface area contributed by atoms with Crippen LogP contribution in [0.3, 0.4) is 0 Å². The Kier molecular flexibility index (Phi) is 8.50. The molecule has 1 unspecified atom stereocenters. The standard InChI is InChI=1S/C22H33N6OS2/c1-3-5-13-24-22(23)27-17-11-12-18(19(14-17)28(29,30)26-4-2)20-15-25-21(31-20)16-9-7-6-8-10-16/h5,11-16,26,29-30H,3-4,6-10H2,1-2H3,(H3,23,24,27)/q+1/b13-5+. The van der Waals surface area contributed by atoms with E-state index in [4.69, 9.17) is 10.7 Å². The van der Waals surface area contributed by atoms with E-state index in [9.17, 15) is 5.21 Å². The molecule has 3 rings (SSSR count). The molecule has 0 spiro atoms. The van der Waals surface area contributed by atoms with Crippen LogP contribution < -0.4 is 20.6 Å². The summed E-state index contributed by atoms with van der Waals surface area (Å²) in [7, 11) is 0. The Morgan fingerprint density at radius 2 is 2.13 bits per heavy atom. The molecule has 5 N–H and O–H groups in total. The summed E-state index contributed by atoms with van der Waals surface area (Å²) in [6, 6.07) is 5.71. The number of anilines is 1. The molecule has 168 valence electrons. The van der Waals surface area contributed by atoms with Crippen molar-refractivity contribution in [3.8, 4) is 10.4 Å². The Morgan fingerprint density at radius 1 is 1.35 bits per heavy atom. The van der Waals surface area contributed by atoms with E-state index in [1.807, 2.05) is 44.3 Å². The van der Waals surface area contributed by atoms with Gasteiger partial charge in [-0.05, 0) is 42.5 Å². The Labute approximate surface area is 194 Å². The van der Waals surface area contributed by atoms with E-state index in [-0.39, 0.29) is 5.96 Å². The second-order valence-corrected chi connectivity index (χ2v) is 9.32. The summed E-state index contributed by atoms with van der Waals surface area (Å²) in [6.07, 6.45) is 12.7. The number of benzene rings is 1. The largest absolute Gasteiger partial charge is 0.369 e. The van der Waals surface area contributed by atoms with Crippen molar-refractivity contribution in [2.45, 2.75) is 58.3 Å². The third-order valence-corrected chi connectivity index (χ3v) is 6.83. The summed E-state index contributed by atoms with van der Waals surface area (Å²) in [5.74, 6) is 0.821. The summed E-state index contributed by atoms with van der Waals surface area (Å²) in [4.78, 5) is 9.90. The predicted octanol–water partition coefficient (Wildman–Crippen LogP) is 5.57. The first kappa shape index (κ1) is 23.7. The van der Waals surface area contributed by atoms with Crippen LogP contribution in [0.5, 0.6) is 0 Å². The van der Waals surface area contributed by atoms with Gasteiger partial charge in [-0.3, -0.25) is 0 Å². The molecule has 1 atom stereocenters. The number of nitrogens with one attached hydrogen (secondary N) is 2. The maximum absolute atomic E-state index is 11.0. The van der Waals surface area contributed by atoms with Crippen molar-refractivity contribution in [2.24, 2.45) is 10.7 Å². The summed E-state index contributed by atoms with van der Waals surface area (Å²) in [5, 5.41) is 15.2. The van der Waals surface area contributed by atoms with Crippen molar-refractivity contribution in [1.29, 1.82) is 0 Å². The lowest BCUT2D eigenvalue weighted by molar-refractivity contribution is -0.0185. The number of allylic oxidation sites excluding steroid dienone is 1. The van der Waals surface area contributed by atoms with Gasteiger partial charge in [0.25, 0.3) is 0 Å². The number of hydrogen-bond donors (Lipinski definition) is 5. The number of aromatic nitrogens is 1. The Bertz CT molecular complexity index is 918. The number of hydrogen-bond acceptors (Lipinski definition) is 6. The highest BCUT2D eigenvalue weighted by molar-refractivity contribution is 7.79. The molecule has 0 bridgehead atoms. The second kappa shape index (κ2) is 11.1. The van der Waals surface area contributed by atoms with Crippen LogP contribution >= 0.6 is 24.2 Å². The molecular formula is C22H33N6OS2+. The van der Waals surface area contributed by atoms with Crippen LogP contribution in [0.25, 0.3) is 10.4 Å². The van der Waals surface area contributed by atoms with E-state index < -0.39 is 4.16 Å². The van der Waals surface area contributed by atoms with E-state index in [1.54, 1.807) is 17.5 Å². The fourth-order valence-corrected chi connectivity index (χ4v) is 5.18. The third kappa shape index (κ3) is 6.30. The average Bonchev–Trinajstić information content (AvgIpc) is 3.25. The van der Waals surface area contributed by atoms with E-state index in [2.05, 4.69) is 28.5 Å². The van der Waals surface area contributed by atoms with Gasteiger partial charge in [-0.15, -0.1) is 16.8 Å². The van der Waals surface area contributed by atoms with Crippen molar-refractivity contribution < 1.29 is 5.21 Å². The molecule has 1 aliphatic carbocycles. The van der Waals surface area contributed by atoms with E-state index in [1.165, 1.54) is 37.1 Å². The molecule has 2 aromatic rings. The highest BCUT2D eigenvalue weighted by Gasteiger charge is 2.31. The number of thiazole rings is 1. The van der Waals surface area contributed by atoms with Gasteiger partial charge in [-0.1, -0.05) is 32.3 Å². The van der Waals surface area contributed by atoms with Crippen LogP contribution in [0.1, 0.15) is 63.3 Å². The van der Waals surface area contributed by atoms with Gasteiger partial charge in [0.2, 0.25) is 5.69 Å². The Morgan fingerprint density at radius 3 is 2.84 bits per heavy atom. The summed E-state index contributed by atoms with van der Waals surface area (Å²) < 4.78 is -0.745. The third-order valence-electron chi connectivity index (χ3n) is 5.28. The highest BCUT2D eigenvalue weighted by atomic mass is 32.1. The molecule has 0 aliphatic heterocycles. The topological polar surface area (TPSA) is 95.6 Å². The number of nitrogens with two attached hydrogens (primary N) is 1. The lowest BCUT2D eigenvalue weighted by Crippen LogP contribution is -2.48. The molecule has 1 fully saturated rings. The summed E-state index contributed by atoms with van der Waals surface area (Å²) in [5.41, 5.74) is 11.1. The van der Waals surface area contributed by atoms with Gasteiger partial charge in [0, 0.05) is 36.6 Å². The van der Waals surface area contributed by atoms with Gasteiger partial charge in [-0.2, -0.15) is 5.21 Å². The molecule has 0 amide bonds. The average molecular weight is 462 g/mol. The number of thiol groups is 1. The minimum absolute atomic E-state index is 0.277. The van der Waals surface area contributed by atoms with Crippen LogP contribution in [0.15, 0.2) is 41.7 Å². The zero-order valence-electron chi connectivity index (χ0n) is 18.2. The Hall–Kier alpha value is -1.91. The van der Waals surface area contributed by atoms with Gasteiger partial charge >= 0.3 is 0 Å². The molecule has 1 heterocycles. The van der Waals surface area contributed by atoms with Crippen LogP contribution in [0.2, 0.25) is 0 Å². The molecule has 1 saturated carbocycles. The smallest absolute Gasteiger partial charge is 0.208 e. The monoisotopic (exact) mass is 461 g/mol. The number of guanidine groups is 1. The van der Waals surface area contributed by atoms with Crippen molar-refractivity contribution >= 4 is 41.5 Å². The van der Waals surface area contributed by atoms with Crippen molar-refractivity contribution in [1.82, 2.24) is 14.6 Å². The minimum atomic E-state index is -0.745. The Balaban J connectivity index is 1.93. The molecule has 0 radical (unpaired) electrons. The van der Waals surface area contributed by atoms with Crippen molar-refractivity contribution in [3.05, 3.63) is 41.7 Å². The van der Waals surface area contributed by atoms with Crippen molar-refractivity contribution in [2.75, 3.05) is 11.9 Å².